The molecule has 4 heteroatoms. The van der Waals surface area contributed by atoms with Crippen LogP contribution in [0.5, 0.6) is 0 Å². The van der Waals surface area contributed by atoms with Crippen molar-refractivity contribution in [3.8, 4) is 0 Å². The largest absolute Gasteiger partial charge is 0.352 e. The summed E-state index contributed by atoms with van der Waals surface area (Å²) in [5, 5.41) is 3.01. The van der Waals surface area contributed by atoms with Crippen LogP contribution in [0.3, 0.4) is 0 Å². The Morgan fingerprint density at radius 3 is 2.88 bits per heavy atom. The lowest BCUT2D eigenvalue weighted by molar-refractivity contribution is 0.0943. The molecule has 1 heterocycles. The summed E-state index contributed by atoms with van der Waals surface area (Å²) < 4.78 is 0.697. The Kier molecular flexibility index (Phi) is 4.54. The van der Waals surface area contributed by atoms with E-state index in [1.807, 2.05) is 0 Å². The molecule has 2 rings (SSSR count). The van der Waals surface area contributed by atoms with Crippen LogP contribution in [-0.2, 0) is 0 Å². The van der Waals surface area contributed by atoms with Crippen molar-refractivity contribution in [1.82, 2.24) is 10.3 Å². The predicted molar refractivity (Wildman–Crippen MR) is 70.8 cm³/mol. The summed E-state index contributed by atoms with van der Waals surface area (Å²) in [5.41, 5.74) is 0.669. The highest BCUT2D eigenvalue weighted by Gasteiger charge is 2.14. The third-order valence-corrected chi connectivity index (χ3v) is 3.70. The van der Waals surface area contributed by atoms with Crippen LogP contribution >= 0.6 is 15.9 Å². The van der Waals surface area contributed by atoms with E-state index in [-0.39, 0.29) is 5.91 Å². The lowest BCUT2D eigenvalue weighted by Crippen LogP contribution is -2.30. The Bertz CT molecular complexity index is 389. The maximum absolute atomic E-state index is 11.9. The molecule has 1 aliphatic carbocycles. The van der Waals surface area contributed by atoms with Gasteiger partial charge in [-0.05, 0) is 46.8 Å². The number of halogens is 1. The Labute approximate surface area is 110 Å². The van der Waals surface area contributed by atoms with E-state index in [1.165, 1.54) is 32.1 Å². The second-order valence-corrected chi connectivity index (χ2v) is 5.39. The highest BCUT2D eigenvalue weighted by Crippen LogP contribution is 2.22. The van der Waals surface area contributed by atoms with E-state index in [9.17, 15) is 4.79 Å². The van der Waals surface area contributed by atoms with Crippen molar-refractivity contribution in [2.45, 2.75) is 32.1 Å². The first-order valence-electron chi connectivity index (χ1n) is 6.15. The van der Waals surface area contributed by atoms with Crippen molar-refractivity contribution in [1.29, 1.82) is 0 Å². The fourth-order valence-corrected chi connectivity index (χ4v) is 2.64. The zero-order valence-electron chi connectivity index (χ0n) is 9.79. The summed E-state index contributed by atoms with van der Waals surface area (Å²) >= 11 is 3.27. The highest BCUT2D eigenvalue weighted by molar-refractivity contribution is 9.10. The smallest absolute Gasteiger partial charge is 0.251 e. The Balaban J connectivity index is 1.84. The van der Waals surface area contributed by atoms with E-state index in [1.54, 1.807) is 18.3 Å². The summed E-state index contributed by atoms with van der Waals surface area (Å²) in [4.78, 5) is 15.9. The normalized spacial score (nSPS) is 16.8. The van der Waals surface area contributed by atoms with Crippen molar-refractivity contribution in [3.63, 3.8) is 0 Å². The average molecular weight is 297 g/mol. The van der Waals surface area contributed by atoms with Crippen molar-refractivity contribution in [3.05, 3.63) is 28.5 Å². The lowest BCUT2D eigenvalue weighted by Gasteiger charge is -2.21. The van der Waals surface area contributed by atoms with Gasteiger partial charge in [-0.3, -0.25) is 4.79 Å². The van der Waals surface area contributed by atoms with Crippen LogP contribution in [-0.4, -0.2) is 17.4 Å². The number of amides is 1. The molecule has 92 valence electrons. The van der Waals surface area contributed by atoms with Gasteiger partial charge in [0.2, 0.25) is 0 Å². The molecule has 0 atom stereocenters. The molecular formula is C13H17BrN2O. The molecule has 1 saturated carbocycles. The van der Waals surface area contributed by atoms with Gasteiger partial charge in [0, 0.05) is 18.3 Å². The minimum absolute atomic E-state index is 0.00123. The number of aromatic nitrogens is 1. The summed E-state index contributed by atoms with van der Waals surface area (Å²) in [5.74, 6) is 0.664. The molecule has 0 bridgehead atoms. The first-order chi connectivity index (χ1) is 8.25. The van der Waals surface area contributed by atoms with Crippen molar-refractivity contribution in [2.24, 2.45) is 5.92 Å². The number of nitrogens with zero attached hydrogens (tertiary/aromatic N) is 1. The number of hydrogen-bond acceptors (Lipinski definition) is 2. The molecule has 1 N–H and O–H groups in total. The number of carbonyl (C=O) groups excluding carboxylic acids is 1. The standard InChI is InChI=1S/C13H17BrN2O/c14-12-8-11(6-7-15-12)13(17)16-9-10-4-2-1-3-5-10/h6-8,10H,1-5,9H2,(H,16,17). The number of nitrogens with one attached hydrogen (secondary N) is 1. The van der Waals surface area contributed by atoms with Crippen LogP contribution in [0.4, 0.5) is 0 Å². The lowest BCUT2D eigenvalue weighted by atomic mass is 9.89. The maximum atomic E-state index is 11.9. The highest BCUT2D eigenvalue weighted by atomic mass is 79.9. The van der Waals surface area contributed by atoms with Gasteiger partial charge < -0.3 is 5.32 Å². The summed E-state index contributed by atoms with van der Waals surface area (Å²) in [6.07, 6.45) is 8.10. The predicted octanol–water partition coefficient (Wildman–Crippen LogP) is 3.15. The van der Waals surface area contributed by atoms with E-state index in [4.69, 9.17) is 0 Å². The molecule has 0 aliphatic heterocycles. The number of pyridine rings is 1. The third-order valence-electron chi connectivity index (χ3n) is 3.26. The van der Waals surface area contributed by atoms with Gasteiger partial charge in [0.1, 0.15) is 4.60 Å². The van der Waals surface area contributed by atoms with E-state index in [0.717, 1.165) is 6.54 Å². The van der Waals surface area contributed by atoms with E-state index < -0.39 is 0 Å². The molecule has 1 aromatic heterocycles. The van der Waals surface area contributed by atoms with Crippen LogP contribution in [0, 0.1) is 5.92 Å². The first kappa shape index (κ1) is 12.6. The topological polar surface area (TPSA) is 42.0 Å². The third kappa shape index (κ3) is 3.80. The molecule has 1 amide bonds. The molecule has 3 nitrogen and oxygen atoms in total. The molecule has 1 aliphatic rings. The van der Waals surface area contributed by atoms with Crippen LogP contribution in [0.15, 0.2) is 22.9 Å². The summed E-state index contributed by atoms with van der Waals surface area (Å²) in [6.45, 7) is 0.804. The van der Waals surface area contributed by atoms with Gasteiger partial charge in [-0.2, -0.15) is 0 Å². The SMILES string of the molecule is O=C(NCC1CCCCC1)c1ccnc(Br)c1. The van der Waals surface area contributed by atoms with Crippen LogP contribution in [0.1, 0.15) is 42.5 Å². The monoisotopic (exact) mass is 296 g/mol. The van der Waals surface area contributed by atoms with Crippen molar-refractivity contribution < 1.29 is 4.79 Å². The Hall–Kier alpha value is -0.900. The molecule has 1 fully saturated rings. The molecule has 0 radical (unpaired) electrons. The van der Waals surface area contributed by atoms with E-state index >= 15 is 0 Å². The molecule has 0 saturated heterocycles. The minimum atomic E-state index is -0.00123. The maximum Gasteiger partial charge on any atom is 0.251 e. The molecular weight excluding hydrogens is 280 g/mol. The molecule has 0 spiro atoms. The van der Waals surface area contributed by atoms with Gasteiger partial charge in [0.15, 0.2) is 0 Å². The summed E-state index contributed by atoms with van der Waals surface area (Å²) in [7, 11) is 0. The molecule has 17 heavy (non-hydrogen) atoms. The first-order valence-corrected chi connectivity index (χ1v) is 6.95. The van der Waals surface area contributed by atoms with Crippen molar-refractivity contribution in [2.75, 3.05) is 6.54 Å². The number of hydrogen-bond donors (Lipinski definition) is 1. The van der Waals surface area contributed by atoms with E-state index in [0.29, 0.717) is 16.1 Å². The van der Waals surface area contributed by atoms with Gasteiger partial charge in [0.05, 0.1) is 0 Å². The van der Waals surface area contributed by atoms with Gasteiger partial charge in [-0.15, -0.1) is 0 Å². The quantitative estimate of drug-likeness (QED) is 0.871. The molecule has 1 aromatic rings. The van der Waals surface area contributed by atoms with Gasteiger partial charge in [0.25, 0.3) is 5.91 Å². The second kappa shape index (κ2) is 6.15. The fraction of sp³-hybridized carbons (Fsp3) is 0.538. The molecule has 0 aromatic carbocycles. The average Bonchev–Trinajstić information content (AvgIpc) is 2.37. The van der Waals surface area contributed by atoms with Crippen molar-refractivity contribution >= 4 is 21.8 Å². The van der Waals surface area contributed by atoms with E-state index in [2.05, 4.69) is 26.2 Å². The minimum Gasteiger partial charge on any atom is -0.352 e. The van der Waals surface area contributed by atoms with Crippen LogP contribution in [0.2, 0.25) is 0 Å². The summed E-state index contributed by atoms with van der Waals surface area (Å²) in [6, 6.07) is 3.48. The van der Waals surface area contributed by atoms with Gasteiger partial charge in [-0.25, -0.2) is 4.98 Å². The second-order valence-electron chi connectivity index (χ2n) is 4.58. The fourth-order valence-electron chi connectivity index (χ4n) is 2.27. The number of rotatable bonds is 3. The van der Waals surface area contributed by atoms with Crippen LogP contribution in [0.25, 0.3) is 0 Å². The molecule has 0 unspecified atom stereocenters. The van der Waals surface area contributed by atoms with Gasteiger partial charge in [-0.1, -0.05) is 19.3 Å². The number of carbonyl (C=O) groups is 1. The zero-order valence-corrected chi connectivity index (χ0v) is 11.4. The van der Waals surface area contributed by atoms with Crippen LogP contribution < -0.4 is 5.32 Å². The zero-order chi connectivity index (χ0) is 12.1. The van der Waals surface area contributed by atoms with Gasteiger partial charge >= 0.3 is 0 Å². The Morgan fingerprint density at radius 1 is 1.41 bits per heavy atom. The Morgan fingerprint density at radius 2 is 2.18 bits per heavy atom.